The minimum atomic E-state index is -1.31. The molecule has 1 aromatic heterocycles. The average molecular weight is 349 g/mol. The van der Waals surface area contributed by atoms with Gasteiger partial charge >= 0.3 is 0 Å². The molecule has 132 valence electrons. The van der Waals surface area contributed by atoms with E-state index in [1.54, 1.807) is 4.90 Å². The van der Waals surface area contributed by atoms with E-state index in [2.05, 4.69) is 16.3 Å². The number of para-hydroxylation sites is 1. The van der Waals surface area contributed by atoms with Crippen LogP contribution in [0, 0.1) is 11.3 Å². The number of fused-ring (bicyclic) bond motifs is 4. The number of H-pyrrole nitrogens is 1. The number of rotatable bonds is 3. The van der Waals surface area contributed by atoms with Crippen LogP contribution in [0.1, 0.15) is 37.1 Å². The number of likely N-dealkylation sites (N-methyl/N-ethyl adjacent to an activating group) is 1. The Bertz CT molecular complexity index is 984. The SMILES string of the molecule is CCCc1[nH]nc2c1[C@@]1(C(=O)N(CC)c3ccccc31)C(C#N)=C(N)O2. The molecule has 2 aliphatic rings. The van der Waals surface area contributed by atoms with Gasteiger partial charge in [0.2, 0.25) is 17.7 Å². The second kappa shape index (κ2) is 5.63. The number of hydrogen-bond donors (Lipinski definition) is 2. The molecule has 0 saturated heterocycles. The second-order valence-corrected chi connectivity index (χ2v) is 6.40. The van der Waals surface area contributed by atoms with Gasteiger partial charge in [-0.1, -0.05) is 31.5 Å². The Balaban J connectivity index is 2.14. The normalized spacial score (nSPS) is 20.8. The predicted octanol–water partition coefficient (Wildman–Crippen LogP) is 2.10. The number of hydrogen-bond acceptors (Lipinski definition) is 5. The first-order valence-electron chi connectivity index (χ1n) is 8.68. The van der Waals surface area contributed by atoms with Crippen LogP contribution in [0.2, 0.25) is 0 Å². The first-order valence-corrected chi connectivity index (χ1v) is 8.68. The van der Waals surface area contributed by atoms with Crippen molar-refractivity contribution < 1.29 is 9.53 Å². The van der Waals surface area contributed by atoms with E-state index in [9.17, 15) is 10.1 Å². The van der Waals surface area contributed by atoms with E-state index < -0.39 is 5.41 Å². The molecule has 26 heavy (non-hydrogen) atoms. The van der Waals surface area contributed by atoms with Crippen LogP contribution in [-0.2, 0) is 16.6 Å². The summed E-state index contributed by atoms with van der Waals surface area (Å²) >= 11 is 0. The molecule has 7 heteroatoms. The van der Waals surface area contributed by atoms with Crippen molar-refractivity contribution in [3.8, 4) is 11.9 Å². The fourth-order valence-electron chi connectivity index (χ4n) is 4.10. The molecule has 3 N–H and O–H groups in total. The molecular weight excluding hydrogens is 330 g/mol. The highest BCUT2D eigenvalue weighted by Gasteiger charge is 2.60. The molecule has 2 aromatic rings. The Kier molecular flexibility index (Phi) is 3.51. The van der Waals surface area contributed by atoms with Crippen molar-refractivity contribution in [1.82, 2.24) is 10.2 Å². The third kappa shape index (κ3) is 1.76. The molecule has 1 amide bonds. The van der Waals surface area contributed by atoms with Gasteiger partial charge in [0.15, 0.2) is 0 Å². The molecule has 1 spiro atoms. The van der Waals surface area contributed by atoms with Gasteiger partial charge in [-0.05, 0) is 19.4 Å². The summed E-state index contributed by atoms with van der Waals surface area (Å²) in [5.41, 5.74) is 7.81. The summed E-state index contributed by atoms with van der Waals surface area (Å²) in [5.74, 6) is 0.00529. The Hall–Kier alpha value is -3.27. The minimum Gasteiger partial charge on any atom is -0.420 e. The zero-order chi connectivity index (χ0) is 18.5. The number of aromatic amines is 1. The highest BCUT2D eigenvalue weighted by atomic mass is 16.5. The Labute approximate surface area is 151 Å². The van der Waals surface area contributed by atoms with Crippen LogP contribution >= 0.6 is 0 Å². The van der Waals surface area contributed by atoms with E-state index in [1.807, 2.05) is 38.1 Å². The van der Waals surface area contributed by atoms with Crippen LogP contribution in [0.4, 0.5) is 5.69 Å². The zero-order valence-corrected chi connectivity index (χ0v) is 14.7. The second-order valence-electron chi connectivity index (χ2n) is 6.40. The quantitative estimate of drug-likeness (QED) is 0.882. The van der Waals surface area contributed by atoms with Crippen molar-refractivity contribution in [2.45, 2.75) is 32.1 Å². The fraction of sp³-hybridized carbons (Fsp3) is 0.316. The van der Waals surface area contributed by atoms with E-state index in [-0.39, 0.29) is 23.2 Å². The molecule has 1 atom stereocenters. The van der Waals surface area contributed by atoms with Crippen molar-refractivity contribution in [3.05, 3.63) is 52.5 Å². The maximum atomic E-state index is 13.7. The van der Waals surface area contributed by atoms with Gasteiger partial charge in [0.25, 0.3) is 0 Å². The van der Waals surface area contributed by atoms with Gasteiger partial charge in [-0.25, -0.2) is 0 Å². The van der Waals surface area contributed by atoms with Gasteiger partial charge in [-0.3, -0.25) is 9.89 Å². The van der Waals surface area contributed by atoms with E-state index in [4.69, 9.17) is 10.5 Å². The molecule has 7 nitrogen and oxygen atoms in total. The highest BCUT2D eigenvalue weighted by Crippen LogP contribution is 2.55. The Morgan fingerprint density at radius 2 is 2.15 bits per heavy atom. The van der Waals surface area contributed by atoms with Gasteiger partial charge in [0, 0.05) is 23.5 Å². The number of nitrogens with two attached hydrogens (primary N) is 1. The highest BCUT2D eigenvalue weighted by molar-refractivity contribution is 6.14. The first kappa shape index (κ1) is 16.2. The fourth-order valence-corrected chi connectivity index (χ4v) is 4.10. The lowest BCUT2D eigenvalue weighted by Gasteiger charge is -2.32. The molecule has 0 radical (unpaired) electrons. The van der Waals surface area contributed by atoms with Gasteiger partial charge in [-0.15, -0.1) is 5.10 Å². The minimum absolute atomic E-state index is 0.0735. The van der Waals surface area contributed by atoms with Crippen LogP contribution in [-0.4, -0.2) is 22.6 Å². The lowest BCUT2D eigenvalue weighted by atomic mass is 9.68. The third-order valence-electron chi connectivity index (χ3n) is 5.10. The number of carbonyl (C=O) groups is 1. The van der Waals surface area contributed by atoms with Crippen LogP contribution in [0.3, 0.4) is 0 Å². The van der Waals surface area contributed by atoms with E-state index in [0.29, 0.717) is 18.5 Å². The molecule has 4 rings (SSSR count). The molecule has 0 unspecified atom stereocenters. The van der Waals surface area contributed by atoms with E-state index in [1.165, 1.54) is 0 Å². The van der Waals surface area contributed by atoms with Crippen molar-refractivity contribution in [2.24, 2.45) is 5.73 Å². The van der Waals surface area contributed by atoms with Gasteiger partial charge in [0.05, 0.1) is 5.56 Å². The van der Waals surface area contributed by atoms with Crippen LogP contribution in [0.25, 0.3) is 0 Å². The van der Waals surface area contributed by atoms with Crippen molar-refractivity contribution in [1.29, 1.82) is 5.26 Å². The van der Waals surface area contributed by atoms with Crippen molar-refractivity contribution in [2.75, 3.05) is 11.4 Å². The maximum Gasteiger partial charge on any atom is 0.247 e. The van der Waals surface area contributed by atoms with Crippen molar-refractivity contribution in [3.63, 3.8) is 0 Å². The summed E-state index contributed by atoms with van der Waals surface area (Å²) in [7, 11) is 0. The number of aryl methyl sites for hydroxylation is 1. The molecule has 0 fully saturated rings. The molecular formula is C19H19N5O2. The summed E-state index contributed by atoms with van der Waals surface area (Å²) in [6, 6.07) is 9.67. The van der Waals surface area contributed by atoms with Crippen LogP contribution in [0.5, 0.6) is 5.88 Å². The molecule has 0 aliphatic carbocycles. The Morgan fingerprint density at radius 3 is 2.85 bits per heavy atom. The summed E-state index contributed by atoms with van der Waals surface area (Å²) in [6.07, 6.45) is 1.55. The van der Waals surface area contributed by atoms with E-state index >= 15 is 0 Å². The summed E-state index contributed by atoms with van der Waals surface area (Å²) in [4.78, 5) is 15.4. The van der Waals surface area contributed by atoms with Crippen molar-refractivity contribution >= 4 is 11.6 Å². The predicted molar refractivity (Wildman–Crippen MR) is 95.3 cm³/mol. The van der Waals surface area contributed by atoms with E-state index in [0.717, 1.165) is 23.4 Å². The summed E-state index contributed by atoms with van der Waals surface area (Å²) in [5, 5.41) is 17.1. The first-order chi connectivity index (χ1) is 12.6. The Morgan fingerprint density at radius 1 is 1.38 bits per heavy atom. The number of benzene rings is 1. The number of amides is 1. The molecule has 0 bridgehead atoms. The van der Waals surface area contributed by atoms with Gasteiger partial charge in [-0.2, -0.15) is 5.26 Å². The third-order valence-corrected chi connectivity index (χ3v) is 5.10. The largest absolute Gasteiger partial charge is 0.420 e. The van der Waals surface area contributed by atoms with Gasteiger partial charge < -0.3 is 15.4 Å². The van der Waals surface area contributed by atoms with Gasteiger partial charge in [0.1, 0.15) is 17.1 Å². The molecule has 3 heterocycles. The molecule has 0 saturated carbocycles. The topological polar surface area (TPSA) is 108 Å². The standard InChI is InChI=1S/C19H19N5O2/c1-3-7-13-15-17(23-22-13)26-16(21)12(10-20)19(15)11-8-5-6-9-14(11)24(4-2)18(19)25/h5-6,8-9H,3-4,7,21H2,1-2H3,(H,22,23)/t19-/m0/s1. The maximum absolute atomic E-state index is 13.7. The number of nitrogens with zero attached hydrogens (tertiary/aromatic N) is 3. The number of ether oxygens (including phenoxy) is 1. The lowest BCUT2D eigenvalue weighted by molar-refractivity contribution is -0.120. The van der Waals surface area contributed by atoms with Crippen LogP contribution < -0.4 is 15.4 Å². The summed E-state index contributed by atoms with van der Waals surface area (Å²) < 4.78 is 5.60. The number of carbonyl (C=O) groups excluding carboxylic acids is 1. The zero-order valence-electron chi connectivity index (χ0n) is 14.7. The average Bonchev–Trinajstić information content (AvgIpc) is 3.14. The lowest BCUT2D eigenvalue weighted by Crippen LogP contribution is -2.46. The summed E-state index contributed by atoms with van der Waals surface area (Å²) in [6.45, 7) is 4.45. The number of aromatic nitrogens is 2. The van der Waals surface area contributed by atoms with Crippen LogP contribution in [0.15, 0.2) is 35.7 Å². The number of nitriles is 1. The molecule has 1 aromatic carbocycles. The molecule has 2 aliphatic heterocycles. The smallest absolute Gasteiger partial charge is 0.247 e. The monoisotopic (exact) mass is 349 g/mol. The number of nitrogens with one attached hydrogen (secondary N) is 1. The number of anilines is 1.